The summed E-state index contributed by atoms with van der Waals surface area (Å²) in [6, 6.07) is 12.6. The van der Waals surface area contributed by atoms with Crippen LogP contribution < -0.4 is 0 Å². The van der Waals surface area contributed by atoms with Crippen LogP contribution in [0.15, 0.2) is 54.6 Å². The van der Waals surface area contributed by atoms with Crippen LogP contribution in [-0.2, 0) is 5.92 Å². The maximum Gasteiger partial charge on any atom is 0.335 e. The number of Topliss-reactive ketones (excluding diaryl/α,β-unsaturated/α-hetero) is 1. The summed E-state index contributed by atoms with van der Waals surface area (Å²) in [6.07, 6.45) is 0. The molecule has 2 rings (SSSR count). The van der Waals surface area contributed by atoms with Crippen molar-refractivity contribution in [1.82, 2.24) is 0 Å². The minimum Gasteiger partial charge on any atom is -0.287 e. The zero-order chi connectivity index (χ0) is 13.2. The molecule has 0 fully saturated rings. The lowest BCUT2D eigenvalue weighted by Gasteiger charge is -2.15. The van der Waals surface area contributed by atoms with Crippen molar-refractivity contribution in [2.24, 2.45) is 0 Å². The fourth-order valence-corrected chi connectivity index (χ4v) is 1.78. The van der Waals surface area contributed by atoms with Crippen LogP contribution in [0.25, 0.3) is 0 Å². The SMILES string of the molecule is O=C(c1ccccc1)C(F)(F)c1cccc(Cl)c1. The molecule has 4 heteroatoms. The van der Waals surface area contributed by atoms with Gasteiger partial charge in [0.05, 0.1) is 0 Å². The third kappa shape index (κ3) is 2.41. The average Bonchev–Trinajstić information content (AvgIpc) is 2.39. The highest BCUT2D eigenvalue weighted by Gasteiger charge is 2.41. The number of halogens is 3. The summed E-state index contributed by atoms with van der Waals surface area (Å²) in [4.78, 5) is 11.8. The van der Waals surface area contributed by atoms with Crippen molar-refractivity contribution in [3.05, 3.63) is 70.7 Å². The van der Waals surface area contributed by atoms with Gasteiger partial charge in [-0.1, -0.05) is 54.1 Å². The largest absolute Gasteiger partial charge is 0.335 e. The average molecular weight is 267 g/mol. The number of ketones is 1. The van der Waals surface area contributed by atoms with Crippen LogP contribution >= 0.6 is 11.6 Å². The Bertz CT molecular complexity index is 567. The number of hydrogen-bond acceptors (Lipinski definition) is 1. The second kappa shape index (κ2) is 4.86. The number of alkyl halides is 2. The maximum absolute atomic E-state index is 14.0. The molecule has 0 heterocycles. The number of benzene rings is 2. The fraction of sp³-hybridized carbons (Fsp3) is 0.0714. The molecule has 0 aromatic heterocycles. The van der Waals surface area contributed by atoms with Crippen molar-refractivity contribution >= 4 is 17.4 Å². The van der Waals surface area contributed by atoms with E-state index < -0.39 is 17.3 Å². The van der Waals surface area contributed by atoms with E-state index in [1.54, 1.807) is 18.2 Å². The summed E-state index contributed by atoms with van der Waals surface area (Å²) >= 11 is 5.66. The van der Waals surface area contributed by atoms with Crippen molar-refractivity contribution in [2.45, 2.75) is 5.92 Å². The minimum atomic E-state index is -3.58. The maximum atomic E-state index is 14.0. The molecule has 0 bridgehead atoms. The molecule has 0 atom stereocenters. The number of rotatable bonds is 3. The quantitative estimate of drug-likeness (QED) is 0.757. The molecule has 0 saturated carbocycles. The lowest BCUT2D eigenvalue weighted by molar-refractivity contribution is 0.00744. The molecule has 0 amide bonds. The van der Waals surface area contributed by atoms with Crippen LogP contribution in [0.1, 0.15) is 15.9 Å². The van der Waals surface area contributed by atoms with Gasteiger partial charge in [0.2, 0.25) is 5.78 Å². The molecule has 2 aromatic rings. The van der Waals surface area contributed by atoms with E-state index >= 15 is 0 Å². The zero-order valence-electron chi connectivity index (χ0n) is 9.24. The second-order valence-electron chi connectivity index (χ2n) is 3.78. The number of carbonyl (C=O) groups is 1. The Balaban J connectivity index is 2.40. The molecule has 0 aliphatic heterocycles. The first kappa shape index (κ1) is 12.7. The summed E-state index contributed by atoms with van der Waals surface area (Å²) in [5.41, 5.74) is -0.425. The van der Waals surface area contributed by atoms with E-state index in [4.69, 9.17) is 11.6 Å². The summed E-state index contributed by atoms with van der Waals surface area (Å²) < 4.78 is 28.0. The first-order chi connectivity index (χ1) is 8.51. The molecule has 0 aliphatic carbocycles. The lowest BCUT2D eigenvalue weighted by atomic mass is 9.99. The van der Waals surface area contributed by atoms with E-state index in [1.165, 1.54) is 30.3 Å². The molecule has 0 spiro atoms. The van der Waals surface area contributed by atoms with E-state index in [1.807, 2.05) is 0 Å². The van der Waals surface area contributed by atoms with Gasteiger partial charge in [-0.05, 0) is 12.1 Å². The third-order valence-corrected chi connectivity index (χ3v) is 2.74. The van der Waals surface area contributed by atoms with E-state index in [-0.39, 0.29) is 10.6 Å². The normalized spacial score (nSPS) is 11.3. The van der Waals surface area contributed by atoms with Crippen LogP contribution in [0.4, 0.5) is 8.78 Å². The van der Waals surface area contributed by atoms with Gasteiger partial charge in [-0.2, -0.15) is 8.78 Å². The van der Waals surface area contributed by atoms with E-state index in [0.29, 0.717) is 0 Å². The Hall–Kier alpha value is -1.74. The topological polar surface area (TPSA) is 17.1 Å². The Labute approximate surface area is 108 Å². The van der Waals surface area contributed by atoms with Gasteiger partial charge in [-0.3, -0.25) is 4.79 Å². The lowest BCUT2D eigenvalue weighted by Crippen LogP contribution is -2.26. The van der Waals surface area contributed by atoms with Gasteiger partial charge in [0, 0.05) is 16.1 Å². The standard InChI is InChI=1S/C14H9ClF2O/c15-12-8-4-7-11(9-12)14(16,17)13(18)10-5-2-1-3-6-10/h1-9H. The third-order valence-electron chi connectivity index (χ3n) is 2.51. The van der Waals surface area contributed by atoms with Crippen LogP contribution in [0.5, 0.6) is 0 Å². The molecule has 0 N–H and O–H groups in total. The minimum absolute atomic E-state index is 0.0255. The van der Waals surface area contributed by atoms with Gasteiger partial charge in [0.15, 0.2) is 0 Å². The van der Waals surface area contributed by atoms with Crippen LogP contribution in [0.3, 0.4) is 0 Å². The van der Waals surface area contributed by atoms with Gasteiger partial charge < -0.3 is 0 Å². The molecular weight excluding hydrogens is 258 g/mol. The van der Waals surface area contributed by atoms with Crippen molar-refractivity contribution in [2.75, 3.05) is 0 Å². The molecule has 0 saturated heterocycles. The smallest absolute Gasteiger partial charge is 0.287 e. The fourth-order valence-electron chi connectivity index (χ4n) is 1.59. The highest BCUT2D eigenvalue weighted by atomic mass is 35.5. The Kier molecular flexibility index (Phi) is 3.43. The first-order valence-corrected chi connectivity index (χ1v) is 5.63. The van der Waals surface area contributed by atoms with Gasteiger partial charge >= 0.3 is 5.92 Å². The predicted molar refractivity (Wildman–Crippen MR) is 66.1 cm³/mol. The van der Waals surface area contributed by atoms with Crippen molar-refractivity contribution < 1.29 is 13.6 Å². The molecule has 0 radical (unpaired) electrons. The first-order valence-electron chi connectivity index (χ1n) is 5.25. The Morgan fingerprint density at radius 3 is 2.28 bits per heavy atom. The molecular formula is C14H9ClF2O. The summed E-state index contributed by atoms with van der Waals surface area (Å²) in [5, 5.41) is 0.174. The van der Waals surface area contributed by atoms with E-state index in [2.05, 4.69) is 0 Å². The molecule has 1 nitrogen and oxygen atoms in total. The second-order valence-corrected chi connectivity index (χ2v) is 4.22. The molecule has 92 valence electrons. The zero-order valence-corrected chi connectivity index (χ0v) is 9.99. The molecule has 0 unspecified atom stereocenters. The van der Waals surface area contributed by atoms with Gasteiger partial charge in [0.25, 0.3) is 0 Å². The van der Waals surface area contributed by atoms with E-state index in [0.717, 1.165) is 6.07 Å². The molecule has 2 aromatic carbocycles. The van der Waals surface area contributed by atoms with Crippen LogP contribution in [0.2, 0.25) is 5.02 Å². The van der Waals surface area contributed by atoms with Crippen molar-refractivity contribution in [3.63, 3.8) is 0 Å². The highest BCUT2D eigenvalue weighted by molar-refractivity contribution is 6.30. The molecule has 18 heavy (non-hydrogen) atoms. The van der Waals surface area contributed by atoms with Crippen molar-refractivity contribution in [3.8, 4) is 0 Å². The van der Waals surface area contributed by atoms with Crippen molar-refractivity contribution in [1.29, 1.82) is 0 Å². The Morgan fingerprint density at radius 1 is 1.00 bits per heavy atom. The monoisotopic (exact) mass is 266 g/mol. The predicted octanol–water partition coefficient (Wildman–Crippen LogP) is 4.31. The Morgan fingerprint density at radius 2 is 1.67 bits per heavy atom. The summed E-state index contributed by atoms with van der Waals surface area (Å²) in [5.74, 6) is -4.81. The van der Waals surface area contributed by atoms with Gasteiger partial charge in [0.1, 0.15) is 0 Å². The van der Waals surface area contributed by atoms with Gasteiger partial charge in [-0.25, -0.2) is 0 Å². The number of carbonyl (C=O) groups excluding carboxylic acids is 1. The van der Waals surface area contributed by atoms with Crippen LogP contribution in [-0.4, -0.2) is 5.78 Å². The van der Waals surface area contributed by atoms with Crippen LogP contribution in [0, 0.1) is 0 Å². The van der Waals surface area contributed by atoms with Gasteiger partial charge in [-0.15, -0.1) is 0 Å². The van der Waals surface area contributed by atoms with E-state index in [9.17, 15) is 13.6 Å². The number of hydrogen-bond donors (Lipinski definition) is 0. The summed E-state index contributed by atoms with van der Waals surface area (Å²) in [6.45, 7) is 0. The summed E-state index contributed by atoms with van der Waals surface area (Å²) in [7, 11) is 0. The highest BCUT2D eigenvalue weighted by Crippen LogP contribution is 2.33. The molecule has 0 aliphatic rings.